The SMILES string of the molecule is CCCS(=O)(=O)[N-]C(=O)c1csc(CN(CCCc2ccccc2)C(=O)c2cc(OC)c(C)c(OC)c2)n1.[K+]. The van der Waals surface area contributed by atoms with Crippen LogP contribution >= 0.6 is 11.3 Å². The summed E-state index contributed by atoms with van der Waals surface area (Å²) in [6, 6.07) is 13.3. The molecule has 0 radical (unpaired) electrons. The summed E-state index contributed by atoms with van der Waals surface area (Å²) in [5, 5.41) is 1.96. The number of hydrogen-bond acceptors (Lipinski definition) is 8. The summed E-state index contributed by atoms with van der Waals surface area (Å²) in [6.07, 6.45) is 1.84. The van der Waals surface area contributed by atoms with E-state index in [1.54, 1.807) is 24.0 Å². The summed E-state index contributed by atoms with van der Waals surface area (Å²) in [4.78, 5) is 32.0. The summed E-state index contributed by atoms with van der Waals surface area (Å²) in [7, 11) is -0.775. The molecule has 0 N–H and O–H groups in total. The van der Waals surface area contributed by atoms with Gasteiger partial charge in [-0.1, -0.05) is 37.3 Å². The predicted molar refractivity (Wildman–Crippen MR) is 148 cm³/mol. The number of aryl methyl sites for hydroxylation is 1. The minimum atomic E-state index is -3.85. The van der Waals surface area contributed by atoms with Crippen molar-refractivity contribution in [1.29, 1.82) is 0 Å². The van der Waals surface area contributed by atoms with E-state index < -0.39 is 15.9 Å². The van der Waals surface area contributed by atoms with Gasteiger partial charge in [-0.2, -0.15) is 0 Å². The molecule has 0 fully saturated rings. The molecule has 39 heavy (non-hydrogen) atoms. The van der Waals surface area contributed by atoms with Crippen molar-refractivity contribution in [2.75, 3.05) is 26.5 Å². The van der Waals surface area contributed by atoms with Gasteiger partial charge in [-0.3, -0.25) is 4.79 Å². The normalized spacial score (nSPS) is 10.9. The number of ether oxygens (including phenoxy) is 2. The van der Waals surface area contributed by atoms with Gasteiger partial charge in [-0.05, 0) is 43.9 Å². The number of carbonyl (C=O) groups is 2. The van der Waals surface area contributed by atoms with Crippen molar-refractivity contribution >= 4 is 33.2 Å². The van der Waals surface area contributed by atoms with Gasteiger partial charge in [0.25, 0.3) is 5.91 Å². The molecule has 1 heterocycles. The summed E-state index contributed by atoms with van der Waals surface area (Å²) in [5.41, 5.74) is 2.29. The van der Waals surface area contributed by atoms with Gasteiger partial charge < -0.3 is 23.9 Å². The molecule has 1 aromatic heterocycles. The molecule has 0 aliphatic heterocycles. The van der Waals surface area contributed by atoms with E-state index in [-0.39, 0.29) is 75.3 Å². The molecule has 0 saturated carbocycles. The number of rotatable bonds is 13. The monoisotopic (exact) mass is 597 g/mol. The van der Waals surface area contributed by atoms with Crippen molar-refractivity contribution in [3.8, 4) is 11.5 Å². The minimum absolute atomic E-state index is 0. The van der Waals surface area contributed by atoms with E-state index in [0.29, 0.717) is 41.5 Å². The third-order valence-corrected chi connectivity index (χ3v) is 8.01. The van der Waals surface area contributed by atoms with Crippen molar-refractivity contribution in [2.24, 2.45) is 0 Å². The molecular weight excluding hydrogens is 566 g/mol. The standard InChI is InChI=1S/C27H33N3O6S2.K/c1-5-14-38(33,34)29-26(31)22-18-37-25(28-22)17-30(13-9-12-20-10-7-6-8-11-20)27(32)21-15-23(35-3)19(2)24(16-21)36-4;/h6-8,10-11,15-16,18H,5,9,12-14,17H2,1-4H3,(H,29,31);/q;+1/p-1. The molecule has 12 heteroatoms. The van der Waals surface area contributed by atoms with E-state index in [2.05, 4.69) is 9.71 Å². The summed E-state index contributed by atoms with van der Waals surface area (Å²) in [6.45, 7) is 4.13. The second kappa shape index (κ2) is 15.8. The number of aromatic nitrogens is 1. The van der Waals surface area contributed by atoms with Crippen molar-refractivity contribution in [3.05, 3.63) is 80.0 Å². The third kappa shape index (κ3) is 9.66. The van der Waals surface area contributed by atoms with Crippen LogP contribution in [0.2, 0.25) is 0 Å². The van der Waals surface area contributed by atoms with Gasteiger partial charge >= 0.3 is 51.4 Å². The molecule has 0 atom stereocenters. The minimum Gasteiger partial charge on any atom is -0.540 e. The molecule has 3 aromatic rings. The largest absolute Gasteiger partial charge is 1.00 e. The fraction of sp³-hybridized carbons (Fsp3) is 0.370. The fourth-order valence-corrected chi connectivity index (χ4v) is 5.62. The Morgan fingerprint density at radius 2 is 1.72 bits per heavy atom. The molecule has 0 aliphatic carbocycles. The number of thiazole rings is 1. The maximum absolute atomic E-state index is 13.7. The average Bonchev–Trinajstić information content (AvgIpc) is 3.37. The molecule has 3 rings (SSSR count). The van der Waals surface area contributed by atoms with E-state index in [1.165, 1.54) is 30.9 Å². The first kappa shape index (κ1) is 33.4. The molecule has 2 aromatic carbocycles. The van der Waals surface area contributed by atoms with Crippen LogP contribution in [-0.2, 0) is 23.0 Å². The Balaban J connectivity index is 0.00000533. The van der Waals surface area contributed by atoms with Crippen LogP contribution in [0.15, 0.2) is 47.8 Å². The topological polar surface area (TPSA) is 117 Å². The molecule has 204 valence electrons. The fourth-order valence-electron chi connectivity index (χ4n) is 3.88. The summed E-state index contributed by atoms with van der Waals surface area (Å²) < 4.78 is 38.1. The smallest absolute Gasteiger partial charge is 0.540 e. The van der Waals surface area contributed by atoms with Crippen LogP contribution in [0.1, 0.15) is 56.7 Å². The van der Waals surface area contributed by atoms with Gasteiger partial charge in [0.15, 0.2) is 0 Å². The van der Waals surface area contributed by atoms with Crippen molar-refractivity contribution < 1.29 is 78.9 Å². The Bertz CT molecular complexity index is 1340. The number of hydrogen-bond donors (Lipinski definition) is 0. The first-order chi connectivity index (χ1) is 18.2. The molecule has 0 saturated heterocycles. The quantitative estimate of drug-likeness (QED) is 0.277. The Hall–Kier alpha value is -1.80. The van der Waals surface area contributed by atoms with Gasteiger partial charge in [-0.25, -0.2) is 13.4 Å². The van der Waals surface area contributed by atoms with Crippen LogP contribution in [-0.4, -0.2) is 56.6 Å². The van der Waals surface area contributed by atoms with Crippen LogP contribution in [0.25, 0.3) is 4.72 Å². The van der Waals surface area contributed by atoms with Gasteiger partial charge in [0.2, 0.25) is 0 Å². The van der Waals surface area contributed by atoms with Crippen LogP contribution in [0.4, 0.5) is 0 Å². The van der Waals surface area contributed by atoms with E-state index in [9.17, 15) is 18.0 Å². The Labute approximate surface area is 276 Å². The second-order valence-corrected chi connectivity index (χ2v) is 11.3. The second-order valence-electron chi connectivity index (χ2n) is 8.63. The average molecular weight is 598 g/mol. The zero-order valence-electron chi connectivity index (χ0n) is 23.0. The summed E-state index contributed by atoms with van der Waals surface area (Å²) in [5.74, 6) is -0.282. The Kier molecular flexibility index (Phi) is 13.6. The molecule has 0 spiro atoms. The number of carbonyl (C=O) groups excluding carboxylic acids is 2. The number of methoxy groups -OCH3 is 2. The van der Waals surface area contributed by atoms with Crippen molar-refractivity contribution in [1.82, 2.24) is 9.88 Å². The van der Waals surface area contributed by atoms with Gasteiger partial charge in [0, 0.05) is 28.8 Å². The summed E-state index contributed by atoms with van der Waals surface area (Å²) >= 11 is 1.18. The molecule has 2 amide bonds. The third-order valence-electron chi connectivity index (χ3n) is 5.80. The van der Waals surface area contributed by atoms with Crippen LogP contribution < -0.4 is 60.9 Å². The van der Waals surface area contributed by atoms with Crippen LogP contribution in [0.5, 0.6) is 11.5 Å². The van der Waals surface area contributed by atoms with Gasteiger partial charge in [-0.15, -0.1) is 11.3 Å². The number of nitrogens with zero attached hydrogens (tertiary/aromatic N) is 3. The first-order valence-corrected chi connectivity index (χ1v) is 14.7. The predicted octanol–water partition coefficient (Wildman–Crippen LogP) is 2.00. The van der Waals surface area contributed by atoms with E-state index in [1.807, 2.05) is 37.3 Å². The maximum atomic E-state index is 13.7. The maximum Gasteiger partial charge on any atom is 1.00 e. The zero-order chi connectivity index (χ0) is 27.7. The number of benzene rings is 2. The Morgan fingerprint density at radius 3 is 2.31 bits per heavy atom. The zero-order valence-corrected chi connectivity index (χ0v) is 27.7. The van der Waals surface area contributed by atoms with Crippen molar-refractivity contribution in [3.63, 3.8) is 0 Å². The molecule has 0 aliphatic rings. The van der Waals surface area contributed by atoms with Crippen LogP contribution in [0, 0.1) is 6.92 Å². The van der Waals surface area contributed by atoms with Crippen LogP contribution in [0.3, 0.4) is 0 Å². The Morgan fingerprint density at radius 1 is 1.08 bits per heavy atom. The number of sulfonamides is 1. The van der Waals surface area contributed by atoms with E-state index in [0.717, 1.165) is 17.5 Å². The molecular formula is C27H32KN3O6S2. The molecule has 9 nitrogen and oxygen atoms in total. The number of amides is 2. The van der Waals surface area contributed by atoms with E-state index >= 15 is 0 Å². The van der Waals surface area contributed by atoms with Gasteiger partial charge in [0.1, 0.15) is 22.4 Å². The molecule has 0 bridgehead atoms. The van der Waals surface area contributed by atoms with Gasteiger partial charge in [0.05, 0.1) is 36.5 Å². The first-order valence-electron chi connectivity index (χ1n) is 12.2. The van der Waals surface area contributed by atoms with E-state index in [4.69, 9.17) is 9.47 Å². The molecule has 0 unspecified atom stereocenters. The van der Waals surface area contributed by atoms with Crippen molar-refractivity contribution in [2.45, 2.75) is 39.7 Å².